The highest BCUT2D eigenvalue weighted by molar-refractivity contribution is 14.1. The second-order valence-corrected chi connectivity index (χ2v) is 3.62. The molecule has 0 saturated heterocycles. The molecule has 0 unspecified atom stereocenters. The normalized spacial score (nSPS) is 11.2. The molecule has 0 aliphatic rings. The minimum atomic E-state index is -4.67. The van der Waals surface area contributed by atoms with Crippen molar-refractivity contribution in [1.29, 1.82) is 0 Å². The summed E-state index contributed by atoms with van der Waals surface area (Å²) >= 11 is 1.88. The van der Waals surface area contributed by atoms with E-state index in [2.05, 4.69) is 4.74 Å². The van der Waals surface area contributed by atoms with E-state index >= 15 is 0 Å². The van der Waals surface area contributed by atoms with Crippen molar-refractivity contribution in [2.24, 2.45) is 0 Å². The first kappa shape index (κ1) is 11.4. The average molecular weight is 318 g/mol. The van der Waals surface area contributed by atoms with Crippen LogP contribution in [0.4, 0.5) is 13.2 Å². The third-order valence-electron chi connectivity index (χ3n) is 1.31. The van der Waals surface area contributed by atoms with E-state index in [4.69, 9.17) is 4.74 Å². The minimum absolute atomic E-state index is 0.277. The molecule has 0 atom stereocenters. The van der Waals surface area contributed by atoms with Crippen molar-refractivity contribution in [2.75, 3.05) is 7.11 Å². The van der Waals surface area contributed by atoms with Gasteiger partial charge in [-0.3, -0.25) is 0 Å². The summed E-state index contributed by atoms with van der Waals surface area (Å²) in [4.78, 5) is 0. The number of ether oxygens (including phenoxy) is 2. The lowest BCUT2D eigenvalue weighted by Gasteiger charge is -2.10. The van der Waals surface area contributed by atoms with Crippen molar-refractivity contribution >= 4 is 22.6 Å². The lowest BCUT2D eigenvalue weighted by Crippen LogP contribution is -2.17. The van der Waals surface area contributed by atoms with E-state index < -0.39 is 6.36 Å². The second-order valence-electron chi connectivity index (χ2n) is 2.37. The molecule has 0 spiro atoms. The highest BCUT2D eigenvalue weighted by atomic mass is 127. The number of alkyl halides is 3. The van der Waals surface area contributed by atoms with Gasteiger partial charge in [-0.15, -0.1) is 13.2 Å². The molecule has 78 valence electrons. The summed E-state index contributed by atoms with van der Waals surface area (Å²) in [5.41, 5.74) is 0. The largest absolute Gasteiger partial charge is 0.573 e. The molecule has 0 bridgehead atoms. The first-order chi connectivity index (χ1) is 6.40. The van der Waals surface area contributed by atoms with Crippen molar-refractivity contribution in [3.8, 4) is 11.5 Å². The van der Waals surface area contributed by atoms with Gasteiger partial charge in [-0.1, -0.05) is 0 Å². The quantitative estimate of drug-likeness (QED) is 0.780. The fraction of sp³-hybridized carbons (Fsp3) is 0.250. The molecule has 1 aromatic rings. The summed E-state index contributed by atoms with van der Waals surface area (Å²) in [5, 5.41) is 0. The Bertz CT molecular complexity index is 325. The Morgan fingerprint density at radius 1 is 1.14 bits per heavy atom. The van der Waals surface area contributed by atoms with Gasteiger partial charge in [-0.05, 0) is 34.7 Å². The van der Waals surface area contributed by atoms with Crippen LogP contribution in [0.5, 0.6) is 11.5 Å². The van der Waals surface area contributed by atoms with Gasteiger partial charge in [-0.2, -0.15) is 0 Å². The number of rotatable bonds is 2. The molecule has 0 aliphatic heterocycles. The number of benzene rings is 1. The zero-order valence-corrected chi connectivity index (χ0v) is 9.22. The number of hydrogen-bond donors (Lipinski definition) is 0. The third-order valence-corrected chi connectivity index (χ3v) is 1.94. The number of halogens is 4. The van der Waals surface area contributed by atoms with Crippen LogP contribution in [0.3, 0.4) is 0 Å². The lowest BCUT2D eigenvalue weighted by atomic mass is 10.3. The van der Waals surface area contributed by atoms with E-state index in [0.717, 1.165) is 0 Å². The van der Waals surface area contributed by atoms with Crippen LogP contribution in [-0.2, 0) is 0 Å². The van der Waals surface area contributed by atoms with Gasteiger partial charge in [0.15, 0.2) is 0 Å². The monoisotopic (exact) mass is 318 g/mol. The van der Waals surface area contributed by atoms with Gasteiger partial charge in [0, 0.05) is 9.64 Å². The fourth-order valence-corrected chi connectivity index (χ4v) is 1.46. The molecule has 0 amide bonds. The lowest BCUT2D eigenvalue weighted by molar-refractivity contribution is -0.274. The van der Waals surface area contributed by atoms with E-state index in [1.54, 1.807) is 6.07 Å². The van der Waals surface area contributed by atoms with E-state index in [1.165, 1.54) is 19.2 Å². The van der Waals surface area contributed by atoms with Crippen LogP contribution in [0.15, 0.2) is 18.2 Å². The Morgan fingerprint density at radius 3 is 2.21 bits per heavy atom. The molecule has 0 saturated carbocycles. The molecule has 1 aromatic carbocycles. The molecule has 1 rings (SSSR count). The van der Waals surface area contributed by atoms with Crippen LogP contribution in [0.2, 0.25) is 0 Å². The minimum Gasteiger partial charge on any atom is -0.497 e. The molecular formula is C8H6F3IO2. The maximum Gasteiger partial charge on any atom is 0.573 e. The van der Waals surface area contributed by atoms with Gasteiger partial charge >= 0.3 is 6.36 Å². The molecule has 0 aliphatic carbocycles. The van der Waals surface area contributed by atoms with Crippen molar-refractivity contribution in [3.05, 3.63) is 21.8 Å². The molecule has 0 N–H and O–H groups in total. The topological polar surface area (TPSA) is 18.5 Å². The van der Waals surface area contributed by atoms with Crippen LogP contribution >= 0.6 is 22.6 Å². The van der Waals surface area contributed by atoms with Crippen molar-refractivity contribution in [1.82, 2.24) is 0 Å². The molecule has 2 nitrogen and oxygen atoms in total. The highest BCUT2D eigenvalue weighted by Gasteiger charge is 2.31. The van der Waals surface area contributed by atoms with E-state index in [-0.39, 0.29) is 5.75 Å². The summed E-state index contributed by atoms with van der Waals surface area (Å²) < 4.78 is 44.7. The third kappa shape index (κ3) is 3.60. The maximum absolute atomic E-state index is 11.8. The van der Waals surface area contributed by atoms with Gasteiger partial charge in [-0.25, -0.2) is 0 Å². The Morgan fingerprint density at radius 2 is 1.71 bits per heavy atom. The summed E-state index contributed by atoms with van der Waals surface area (Å²) in [6.45, 7) is 0. The molecule has 0 fully saturated rings. The standard InChI is InChI=1S/C8H6F3IO2/c1-13-6-2-5(12)3-7(4-6)14-8(9,10)11/h2-4H,1H3. The van der Waals surface area contributed by atoms with E-state index in [1.807, 2.05) is 22.6 Å². The summed E-state index contributed by atoms with van der Waals surface area (Å²) in [5.74, 6) is 0.0531. The number of methoxy groups -OCH3 is 1. The average Bonchev–Trinajstić information content (AvgIpc) is 1.99. The van der Waals surface area contributed by atoms with Crippen LogP contribution in [0.1, 0.15) is 0 Å². The smallest absolute Gasteiger partial charge is 0.497 e. The van der Waals surface area contributed by atoms with E-state index in [0.29, 0.717) is 9.32 Å². The zero-order chi connectivity index (χ0) is 10.8. The van der Waals surface area contributed by atoms with Crippen LogP contribution in [-0.4, -0.2) is 13.5 Å². The van der Waals surface area contributed by atoms with Crippen molar-refractivity contribution in [2.45, 2.75) is 6.36 Å². The molecule has 6 heteroatoms. The van der Waals surface area contributed by atoms with E-state index in [9.17, 15) is 13.2 Å². The fourth-order valence-electron chi connectivity index (χ4n) is 0.847. The van der Waals surface area contributed by atoms with Gasteiger partial charge in [0.05, 0.1) is 7.11 Å². The SMILES string of the molecule is COc1cc(I)cc(OC(F)(F)F)c1. The van der Waals surface area contributed by atoms with Gasteiger partial charge < -0.3 is 9.47 Å². The van der Waals surface area contributed by atoms with Crippen molar-refractivity contribution < 1.29 is 22.6 Å². The maximum atomic E-state index is 11.8. The van der Waals surface area contributed by atoms with Gasteiger partial charge in [0.25, 0.3) is 0 Å². The van der Waals surface area contributed by atoms with Gasteiger partial charge in [0.2, 0.25) is 0 Å². The molecule has 0 radical (unpaired) electrons. The summed E-state index contributed by atoms with van der Waals surface area (Å²) in [6, 6.07) is 4.05. The van der Waals surface area contributed by atoms with Crippen molar-refractivity contribution in [3.63, 3.8) is 0 Å². The molecule has 0 heterocycles. The molecular weight excluding hydrogens is 312 g/mol. The molecule has 14 heavy (non-hydrogen) atoms. The van der Waals surface area contributed by atoms with Crippen LogP contribution in [0.25, 0.3) is 0 Å². The highest BCUT2D eigenvalue weighted by Crippen LogP contribution is 2.28. The summed E-state index contributed by atoms with van der Waals surface area (Å²) in [7, 11) is 1.38. The predicted molar refractivity (Wildman–Crippen MR) is 52.4 cm³/mol. The predicted octanol–water partition coefficient (Wildman–Crippen LogP) is 3.20. The summed E-state index contributed by atoms with van der Waals surface area (Å²) in [6.07, 6.45) is -4.67. The number of hydrogen-bond acceptors (Lipinski definition) is 2. The van der Waals surface area contributed by atoms with Crippen LogP contribution in [0, 0.1) is 3.57 Å². The Kier molecular flexibility index (Phi) is 3.46. The second kappa shape index (κ2) is 4.24. The first-order valence-corrected chi connectivity index (χ1v) is 4.59. The van der Waals surface area contributed by atoms with Gasteiger partial charge in [0.1, 0.15) is 11.5 Å². The van der Waals surface area contributed by atoms with Crippen LogP contribution < -0.4 is 9.47 Å². The zero-order valence-electron chi connectivity index (χ0n) is 7.06. The Hall–Kier alpha value is -0.660. The Balaban J connectivity index is 2.92. The molecule has 0 aromatic heterocycles. The Labute approximate surface area is 92.1 Å². The first-order valence-electron chi connectivity index (χ1n) is 3.51.